The fourth-order valence-electron chi connectivity index (χ4n) is 5.46. The second kappa shape index (κ2) is 12.1. The van der Waals surface area contributed by atoms with Gasteiger partial charge in [0.2, 0.25) is 5.88 Å². The smallest absolute Gasteiger partial charge is 0.234 e. The third-order valence-electron chi connectivity index (χ3n) is 7.72. The van der Waals surface area contributed by atoms with Crippen molar-refractivity contribution in [1.82, 2.24) is 24.9 Å². The number of hydrogen-bond donors (Lipinski definition) is 0. The molecule has 3 heterocycles. The molecule has 2 aliphatic rings. The zero-order valence-electron chi connectivity index (χ0n) is 22.7. The molecule has 0 bridgehead atoms. The van der Waals surface area contributed by atoms with Crippen LogP contribution in [0.15, 0.2) is 36.7 Å². The Kier molecular flexibility index (Phi) is 8.39. The third kappa shape index (κ3) is 6.50. The van der Waals surface area contributed by atoms with Gasteiger partial charge in [-0.1, -0.05) is 25.8 Å². The average molecular weight is 504 g/mol. The number of hydrogen-bond acceptors (Lipinski definition) is 6. The van der Waals surface area contributed by atoms with Crippen LogP contribution in [0.3, 0.4) is 0 Å². The molecule has 1 saturated heterocycles. The summed E-state index contributed by atoms with van der Waals surface area (Å²) in [6, 6.07) is 8.64. The average Bonchev–Trinajstić information content (AvgIpc) is 3.36. The van der Waals surface area contributed by atoms with Gasteiger partial charge in [-0.2, -0.15) is 10.2 Å². The van der Waals surface area contributed by atoms with E-state index in [9.17, 15) is 0 Å². The molecular weight excluding hydrogens is 462 g/mol. The minimum absolute atomic E-state index is 0.192. The Labute approximate surface area is 221 Å². The number of piperidine rings is 1. The highest BCUT2D eigenvalue weighted by Crippen LogP contribution is 2.38. The molecule has 37 heavy (non-hydrogen) atoms. The molecule has 0 amide bonds. The predicted octanol–water partition coefficient (Wildman–Crippen LogP) is 6.07. The van der Waals surface area contributed by atoms with Crippen molar-refractivity contribution in [1.29, 1.82) is 0 Å². The molecule has 0 spiro atoms. The molecule has 1 saturated carbocycles. The van der Waals surface area contributed by atoms with Crippen LogP contribution in [-0.4, -0.2) is 57.2 Å². The Morgan fingerprint density at radius 3 is 2.38 bits per heavy atom. The van der Waals surface area contributed by atoms with E-state index >= 15 is 0 Å². The third-order valence-corrected chi connectivity index (χ3v) is 7.72. The van der Waals surface area contributed by atoms with Crippen molar-refractivity contribution in [2.45, 2.75) is 83.3 Å². The van der Waals surface area contributed by atoms with Gasteiger partial charge in [-0.3, -0.25) is 4.68 Å². The lowest BCUT2D eigenvalue weighted by Crippen LogP contribution is -2.35. The molecule has 0 unspecified atom stereocenters. The fourth-order valence-corrected chi connectivity index (χ4v) is 5.46. The summed E-state index contributed by atoms with van der Waals surface area (Å²) in [6.45, 7) is 4.31. The first-order chi connectivity index (χ1) is 18.1. The summed E-state index contributed by atoms with van der Waals surface area (Å²) in [4.78, 5) is 2.35. The highest BCUT2D eigenvalue weighted by atomic mass is 16.5. The van der Waals surface area contributed by atoms with E-state index in [0.29, 0.717) is 5.88 Å². The van der Waals surface area contributed by atoms with Crippen LogP contribution in [0.1, 0.15) is 70.4 Å². The molecule has 2 fully saturated rings. The van der Waals surface area contributed by atoms with Crippen molar-refractivity contribution in [3.05, 3.63) is 42.4 Å². The minimum Gasteiger partial charge on any atom is -0.490 e. The second-order valence-electron chi connectivity index (χ2n) is 10.8. The summed E-state index contributed by atoms with van der Waals surface area (Å²) in [5, 5.41) is 13.6. The van der Waals surface area contributed by atoms with Crippen LogP contribution in [0.25, 0.3) is 22.3 Å². The van der Waals surface area contributed by atoms with Crippen LogP contribution in [0.4, 0.5) is 0 Å². The number of likely N-dealkylation sites (tertiary alicyclic amines) is 1. The van der Waals surface area contributed by atoms with E-state index in [1.54, 1.807) is 0 Å². The van der Waals surface area contributed by atoms with E-state index in [1.807, 2.05) is 17.9 Å². The first-order valence-electron chi connectivity index (χ1n) is 14.1. The molecular formula is C30H41N5O2. The molecule has 0 N–H and O–H groups in total. The van der Waals surface area contributed by atoms with Gasteiger partial charge in [-0.25, -0.2) is 0 Å². The van der Waals surface area contributed by atoms with Crippen molar-refractivity contribution < 1.29 is 9.47 Å². The van der Waals surface area contributed by atoms with Crippen molar-refractivity contribution in [3.63, 3.8) is 0 Å². The molecule has 2 aromatic heterocycles. The van der Waals surface area contributed by atoms with Gasteiger partial charge in [0, 0.05) is 49.1 Å². The Hall–Kier alpha value is -2.93. The van der Waals surface area contributed by atoms with Gasteiger partial charge in [0.15, 0.2) is 0 Å². The van der Waals surface area contributed by atoms with Gasteiger partial charge in [0.05, 0.1) is 18.0 Å². The molecule has 1 aliphatic carbocycles. The molecule has 1 aromatic carbocycles. The summed E-state index contributed by atoms with van der Waals surface area (Å²) in [5.41, 5.74) is 5.38. The number of aryl methyl sites for hydroxylation is 2. The molecule has 7 nitrogen and oxygen atoms in total. The van der Waals surface area contributed by atoms with Crippen LogP contribution in [0, 0.1) is 0 Å². The maximum Gasteiger partial charge on any atom is 0.234 e. The van der Waals surface area contributed by atoms with Crippen LogP contribution in [0.5, 0.6) is 11.6 Å². The highest BCUT2D eigenvalue weighted by molar-refractivity contribution is 5.78. The first-order valence-corrected chi connectivity index (χ1v) is 14.1. The molecule has 3 aromatic rings. The molecule has 0 atom stereocenters. The Bertz CT molecular complexity index is 1160. The van der Waals surface area contributed by atoms with Crippen LogP contribution >= 0.6 is 0 Å². The predicted molar refractivity (Wildman–Crippen MR) is 147 cm³/mol. The Morgan fingerprint density at radius 1 is 0.865 bits per heavy atom. The SMILES string of the molecule is CCCCc1nnc(OC2CCN(C)CC2)cc1-c1ccc(OC2CCCCC2)c(-c2cnn(C)c2)c1. The van der Waals surface area contributed by atoms with E-state index in [2.05, 4.69) is 64.6 Å². The van der Waals surface area contributed by atoms with E-state index in [4.69, 9.17) is 9.47 Å². The largest absolute Gasteiger partial charge is 0.490 e. The van der Waals surface area contributed by atoms with Gasteiger partial charge in [-0.05, 0) is 76.1 Å². The number of benzene rings is 1. The van der Waals surface area contributed by atoms with Gasteiger partial charge in [0.1, 0.15) is 11.9 Å². The Balaban J connectivity index is 1.48. The molecule has 5 rings (SSSR count). The quantitative estimate of drug-likeness (QED) is 0.353. The number of aromatic nitrogens is 4. The monoisotopic (exact) mass is 503 g/mol. The summed E-state index contributed by atoms with van der Waals surface area (Å²) in [6.07, 6.45) is 15.6. The van der Waals surface area contributed by atoms with Crippen molar-refractivity contribution >= 4 is 0 Å². The lowest BCUT2D eigenvalue weighted by atomic mass is 9.96. The lowest BCUT2D eigenvalue weighted by molar-refractivity contribution is 0.109. The van der Waals surface area contributed by atoms with Crippen LogP contribution in [0.2, 0.25) is 0 Å². The van der Waals surface area contributed by atoms with E-state index in [-0.39, 0.29) is 12.2 Å². The topological polar surface area (TPSA) is 65.3 Å². The fraction of sp³-hybridized carbons (Fsp3) is 0.567. The van der Waals surface area contributed by atoms with Crippen molar-refractivity contribution in [2.75, 3.05) is 20.1 Å². The first kappa shape index (κ1) is 25.7. The number of ether oxygens (including phenoxy) is 2. The molecule has 0 radical (unpaired) electrons. The number of unbranched alkanes of at least 4 members (excludes halogenated alkanes) is 1. The number of rotatable bonds is 9. The zero-order valence-corrected chi connectivity index (χ0v) is 22.7. The van der Waals surface area contributed by atoms with Crippen molar-refractivity contribution in [2.24, 2.45) is 7.05 Å². The lowest BCUT2D eigenvalue weighted by Gasteiger charge is -2.29. The van der Waals surface area contributed by atoms with Crippen LogP contribution in [-0.2, 0) is 13.5 Å². The normalized spacial score (nSPS) is 17.7. The summed E-state index contributed by atoms with van der Waals surface area (Å²) >= 11 is 0. The van der Waals surface area contributed by atoms with Crippen molar-refractivity contribution in [3.8, 4) is 33.9 Å². The van der Waals surface area contributed by atoms with Crippen LogP contribution < -0.4 is 9.47 Å². The van der Waals surface area contributed by atoms with Gasteiger partial charge in [0.25, 0.3) is 0 Å². The van der Waals surface area contributed by atoms with E-state index in [0.717, 1.165) is 91.7 Å². The maximum absolute atomic E-state index is 6.58. The Morgan fingerprint density at radius 2 is 1.65 bits per heavy atom. The molecule has 198 valence electrons. The van der Waals surface area contributed by atoms with E-state index < -0.39 is 0 Å². The molecule has 1 aliphatic heterocycles. The minimum atomic E-state index is 0.192. The van der Waals surface area contributed by atoms with Gasteiger partial charge in [-0.15, -0.1) is 5.10 Å². The second-order valence-corrected chi connectivity index (χ2v) is 10.8. The summed E-state index contributed by atoms with van der Waals surface area (Å²) in [7, 11) is 4.12. The summed E-state index contributed by atoms with van der Waals surface area (Å²) < 4.78 is 14.8. The van der Waals surface area contributed by atoms with Gasteiger partial charge >= 0.3 is 0 Å². The standard InChI is InChI=1S/C30H41N5O2/c1-4-5-11-28-26(19-30(33-32-28)37-25-14-16-34(2)17-15-25)22-12-13-29(36-24-9-7-6-8-10-24)27(18-22)23-20-31-35(3)21-23/h12-13,18-21,24-25H,4-11,14-17H2,1-3H3. The zero-order chi connectivity index (χ0) is 25.6. The highest BCUT2D eigenvalue weighted by Gasteiger charge is 2.22. The summed E-state index contributed by atoms with van der Waals surface area (Å²) in [5.74, 6) is 1.55. The number of nitrogens with zero attached hydrogens (tertiary/aromatic N) is 5. The molecule has 7 heteroatoms. The van der Waals surface area contributed by atoms with Gasteiger partial charge < -0.3 is 14.4 Å². The van der Waals surface area contributed by atoms with E-state index in [1.165, 1.54) is 19.3 Å². The maximum atomic E-state index is 6.58.